The van der Waals surface area contributed by atoms with Crippen LogP contribution in [-0.4, -0.2) is 10.7 Å². The summed E-state index contributed by atoms with van der Waals surface area (Å²) in [5.41, 5.74) is 4.94. The number of fused-ring (bicyclic) bond motifs is 3. The molecule has 0 unspecified atom stereocenters. The number of benzene rings is 4. The van der Waals surface area contributed by atoms with Gasteiger partial charge >= 0.3 is 6.09 Å². The quantitative estimate of drug-likeness (QED) is 0.353. The third-order valence-corrected chi connectivity index (χ3v) is 5.17. The molecule has 4 aromatic carbocycles. The summed E-state index contributed by atoms with van der Waals surface area (Å²) in [5.74, 6) is 0. The second-order valence-electron chi connectivity index (χ2n) is 6.99. The third-order valence-electron chi connectivity index (χ3n) is 5.17. The molecule has 0 aliphatic carbocycles. The minimum atomic E-state index is -0.368. The Balaban J connectivity index is 1.60. The Hall–Kier alpha value is -3.85. The normalized spacial score (nSPS) is 11.0. The van der Waals surface area contributed by atoms with E-state index in [1.807, 2.05) is 78.9 Å². The average molecular weight is 377 g/mol. The molecular formula is C26H19NO2. The van der Waals surface area contributed by atoms with E-state index in [0.29, 0.717) is 0 Å². The van der Waals surface area contributed by atoms with Crippen molar-refractivity contribution in [2.24, 2.45) is 0 Å². The largest absolute Gasteiger partial charge is 0.444 e. The highest BCUT2D eigenvalue weighted by Gasteiger charge is 2.17. The van der Waals surface area contributed by atoms with Gasteiger partial charge in [-0.3, -0.25) is 0 Å². The van der Waals surface area contributed by atoms with Crippen molar-refractivity contribution in [3.63, 3.8) is 0 Å². The highest BCUT2D eigenvalue weighted by Crippen LogP contribution is 2.32. The van der Waals surface area contributed by atoms with Crippen LogP contribution in [0.5, 0.6) is 0 Å². The van der Waals surface area contributed by atoms with Crippen LogP contribution in [0.2, 0.25) is 0 Å². The third kappa shape index (κ3) is 3.17. The van der Waals surface area contributed by atoms with E-state index in [-0.39, 0.29) is 12.7 Å². The lowest BCUT2D eigenvalue weighted by atomic mass is 10.0. The second-order valence-corrected chi connectivity index (χ2v) is 6.99. The molecule has 0 amide bonds. The monoisotopic (exact) mass is 377 g/mol. The number of ether oxygens (including phenoxy) is 1. The molecule has 3 nitrogen and oxygen atoms in total. The van der Waals surface area contributed by atoms with Crippen LogP contribution in [0.3, 0.4) is 0 Å². The molecule has 0 N–H and O–H groups in total. The first-order valence-corrected chi connectivity index (χ1v) is 9.61. The van der Waals surface area contributed by atoms with E-state index in [1.165, 1.54) is 0 Å². The molecule has 1 heterocycles. The molecule has 0 atom stereocenters. The molecule has 0 aliphatic heterocycles. The predicted molar refractivity (Wildman–Crippen MR) is 117 cm³/mol. The van der Waals surface area contributed by atoms with E-state index >= 15 is 0 Å². The van der Waals surface area contributed by atoms with Gasteiger partial charge in [0.25, 0.3) is 0 Å². The molecule has 0 radical (unpaired) electrons. The highest BCUT2D eigenvalue weighted by molar-refractivity contribution is 6.13. The fourth-order valence-corrected chi connectivity index (χ4v) is 3.76. The van der Waals surface area contributed by atoms with Crippen molar-refractivity contribution in [3.8, 4) is 11.1 Å². The predicted octanol–water partition coefficient (Wildman–Crippen LogP) is 6.65. The standard InChI is InChI=1S/C26H19NO2/c28-26(29-18-19-9-3-1-4-10-19)27-24-14-8-7-13-22(24)23-17-21(15-16-25(23)27)20-11-5-2-6-12-20/h1-17H,18H2. The van der Waals surface area contributed by atoms with Gasteiger partial charge in [-0.15, -0.1) is 0 Å². The SMILES string of the molecule is O=C(OCc1ccccc1)n1c2ccccc2c2cc(-c3ccccc3)ccc21. The zero-order valence-electron chi connectivity index (χ0n) is 15.8. The summed E-state index contributed by atoms with van der Waals surface area (Å²) in [6, 6.07) is 34.1. The molecule has 3 heteroatoms. The van der Waals surface area contributed by atoms with E-state index in [4.69, 9.17) is 4.74 Å². The summed E-state index contributed by atoms with van der Waals surface area (Å²) in [6.07, 6.45) is -0.368. The first-order chi connectivity index (χ1) is 14.3. The lowest BCUT2D eigenvalue weighted by Crippen LogP contribution is -2.13. The molecule has 140 valence electrons. The van der Waals surface area contributed by atoms with Gasteiger partial charge in [0, 0.05) is 10.8 Å². The molecule has 0 fully saturated rings. The first-order valence-electron chi connectivity index (χ1n) is 9.61. The van der Waals surface area contributed by atoms with Gasteiger partial charge in [-0.1, -0.05) is 84.9 Å². The minimum absolute atomic E-state index is 0.246. The summed E-state index contributed by atoms with van der Waals surface area (Å²) in [6.45, 7) is 0.246. The van der Waals surface area contributed by atoms with Crippen LogP contribution >= 0.6 is 0 Å². The smallest absolute Gasteiger partial charge is 0.419 e. The number of nitrogens with zero attached hydrogens (tertiary/aromatic N) is 1. The molecule has 0 saturated heterocycles. The van der Waals surface area contributed by atoms with Gasteiger partial charge in [0.05, 0.1) is 11.0 Å². The van der Waals surface area contributed by atoms with Crippen LogP contribution in [0.1, 0.15) is 5.56 Å². The van der Waals surface area contributed by atoms with Crippen molar-refractivity contribution in [2.75, 3.05) is 0 Å². The van der Waals surface area contributed by atoms with Gasteiger partial charge in [0.2, 0.25) is 0 Å². The van der Waals surface area contributed by atoms with Crippen molar-refractivity contribution < 1.29 is 9.53 Å². The van der Waals surface area contributed by atoms with Crippen LogP contribution in [0.15, 0.2) is 103 Å². The molecule has 0 aliphatic rings. The molecule has 5 rings (SSSR count). The van der Waals surface area contributed by atoms with Crippen molar-refractivity contribution in [1.29, 1.82) is 0 Å². The van der Waals surface area contributed by atoms with E-state index in [2.05, 4.69) is 24.3 Å². The van der Waals surface area contributed by atoms with Crippen molar-refractivity contribution in [2.45, 2.75) is 6.61 Å². The Bertz CT molecular complexity index is 1300. The Labute approximate surface area is 168 Å². The molecule has 29 heavy (non-hydrogen) atoms. The van der Waals surface area contributed by atoms with E-state index < -0.39 is 0 Å². The number of hydrogen-bond acceptors (Lipinski definition) is 2. The number of hydrogen-bond donors (Lipinski definition) is 0. The van der Waals surface area contributed by atoms with Crippen LogP contribution in [0.4, 0.5) is 4.79 Å². The lowest BCUT2D eigenvalue weighted by Gasteiger charge is -2.08. The van der Waals surface area contributed by atoms with Crippen molar-refractivity contribution in [1.82, 2.24) is 4.57 Å². The Morgan fingerprint density at radius 1 is 0.655 bits per heavy atom. The van der Waals surface area contributed by atoms with Crippen LogP contribution in [-0.2, 0) is 11.3 Å². The van der Waals surface area contributed by atoms with Gasteiger partial charge in [-0.2, -0.15) is 0 Å². The Morgan fingerprint density at radius 2 is 1.31 bits per heavy atom. The highest BCUT2D eigenvalue weighted by atomic mass is 16.5. The minimum Gasteiger partial charge on any atom is -0.444 e. The van der Waals surface area contributed by atoms with Crippen LogP contribution in [0, 0.1) is 0 Å². The number of aromatic nitrogens is 1. The summed E-state index contributed by atoms with van der Waals surface area (Å²) in [7, 11) is 0. The van der Waals surface area contributed by atoms with E-state index in [1.54, 1.807) is 4.57 Å². The van der Waals surface area contributed by atoms with Gasteiger partial charge in [-0.05, 0) is 34.9 Å². The van der Waals surface area contributed by atoms with Gasteiger partial charge in [-0.25, -0.2) is 9.36 Å². The van der Waals surface area contributed by atoms with Crippen LogP contribution in [0.25, 0.3) is 32.9 Å². The lowest BCUT2D eigenvalue weighted by molar-refractivity contribution is 0.143. The average Bonchev–Trinajstić information content (AvgIpc) is 3.12. The van der Waals surface area contributed by atoms with Crippen molar-refractivity contribution >= 4 is 27.9 Å². The Morgan fingerprint density at radius 3 is 2.10 bits per heavy atom. The van der Waals surface area contributed by atoms with E-state index in [9.17, 15) is 4.79 Å². The summed E-state index contributed by atoms with van der Waals surface area (Å²) in [4.78, 5) is 13.0. The number of carbonyl (C=O) groups is 1. The van der Waals surface area contributed by atoms with Gasteiger partial charge < -0.3 is 4.74 Å². The summed E-state index contributed by atoms with van der Waals surface area (Å²) >= 11 is 0. The van der Waals surface area contributed by atoms with E-state index in [0.717, 1.165) is 38.5 Å². The second kappa shape index (κ2) is 7.28. The maximum absolute atomic E-state index is 13.0. The summed E-state index contributed by atoms with van der Waals surface area (Å²) < 4.78 is 7.30. The topological polar surface area (TPSA) is 31.2 Å². The number of rotatable bonds is 3. The maximum atomic E-state index is 13.0. The molecule has 1 aromatic heterocycles. The zero-order valence-corrected chi connectivity index (χ0v) is 15.8. The summed E-state index contributed by atoms with van der Waals surface area (Å²) in [5, 5.41) is 2.08. The first kappa shape index (κ1) is 17.3. The molecular weight excluding hydrogens is 358 g/mol. The number of para-hydroxylation sites is 1. The fraction of sp³-hybridized carbons (Fsp3) is 0.0385. The Kier molecular flexibility index (Phi) is 4.34. The van der Waals surface area contributed by atoms with Gasteiger partial charge in [0.1, 0.15) is 6.61 Å². The molecule has 5 aromatic rings. The molecule has 0 saturated carbocycles. The van der Waals surface area contributed by atoms with Gasteiger partial charge in [0.15, 0.2) is 0 Å². The fourth-order valence-electron chi connectivity index (χ4n) is 3.76. The zero-order chi connectivity index (χ0) is 19.6. The number of carbonyl (C=O) groups excluding carboxylic acids is 1. The molecule has 0 spiro atoms. The van der Waals surface area contributed by atoms with Crippen molar-refractivity contribution in [3.05, 3.63) is 109 Å². The van der Waals surface area contributed by atoms with Crippen LogP contribution < -0.4 is 0 Å². The maximum Gasteiger partial charge on any atom is 0.419 e. The molecule has 0 bridgehead atoms.